The molecule has 0 aromatic heterocycles. The highest BCUT2D eigenvalue weighted by Gasteiger charge is 2.44. The fourth-order valence-corrected chi connectivity index (χ4v) is 4.05. The second-order valence-electron chi connectivity index (χ2n) is 7.79. The number of nitrogens with one attached hydrogen (secondary N) is 2. The SMILES string of the molecule is CN=C(NCC(C)N1CCN(C)CC1)NCC1(c2cccc(Br)c2)CC1. The molecule has 0 radical (unpaired) electrons. The van der Waals surface area contributed by atoms with E-state index in [0.717, 1.165) is 49.7 Å². The number of nitrogens with zero attached hydrogens (tertiary/aromatic N) is 3. The molecule has 1 heterocycles. The number of aliphatic imine (C=N–C) groups is 1. The maximum absolute atomic E-state index is 4.42. The first-order valence-corrected chi connectivity index (χ1v) is 10.4. The summed E-state index contributed by atoms with van der Waals surface area (Å²) in [5, 5.41) is 7.07. The van der Waals surface area contributed by atoms with Crippen molar-refractivity contribution in [2.24, 2.45) is 4.99 Å². The quantitative estimate of drug-likeness (QED) is 0.546. The average Bonchev–Trinajstić information content (AvgIpc) is 3.43. The second kappa shape index (κ2) is 8.72. The van der Waals surface area contributed by atoms with Gasteiger partial charge in [-0.3, -0.25) is 9.89 Å². The third-order valence-electron chi connectivity index (χ3n) is 5.83. The minimum Gasteiger partial charge on any atom is -0.356 e. The number of hydrogen-bond acceptors (Lipinski definition) is 3. The Hall–Kier alpha value is -1.11. The molecule has 1 aromatic rings. The lowest BCUT2D eigenvalue weighted by Gasteiger charge is -2.36. The van der Waals surface area contributed by atoms with Crippen LogP contribution in [0.3, 0.4) is 0 Å². The van der Waals surface area contributed by atoms with Gasteiger partial charge < -0.3 is 15.5 Å². The van der Waals surface area contributed by atoms with Gasteiger partial charge in [-0.05, 0) is 44.5 Å². The van der Waals surface area contributed by atoms with E-state index in [1.807, 2.05) is 7.05 Å². The first kappa shape index (κ1) is 19.6. The largest absolute Gasteiger partial charge is 0.356 e. The Morgan fingerprint density at radius 2 is 1.96 bits per heavy atom. The van der Waals surface area contributed by atoms with Crippen LogP contribution in [0.5, 0.6) is 0 Å². The molecule has 1 atom stereocenters. The van der Waals surface area contributed by atoms with E-state index in [0.29, 0.717) is 6.04 Å². The number of guanidine groups is 1. The summed E-state index contributed by atoms with van der Waals surface area (Å²) >= 11 is 3.59. The highest BCUT2D eigenvalue weighted by atomic mass is 79.9. The number of benzene rings is 1. The molecule has 2 fully saturated rings. The molecule has 1 aliphatic carbocycles. The van der Waals surface area contributed by atoms with Gasteiger partial charge in [-0.25, -0.2) is 0 Å². The van der Waals surface area contributed by atoms with Crippen LogP contribution in [0.25, 0.3) is 0 Å². The van der Waals surface area contributed by atoms with Gasteiger partial charge in [0.05, 0.1) is 0 Å². The van der Waals surface area contributed by atoms with Gasteiger partial charge in [0.1, 0.15) is 0 Å². The summed E-state index contributed by atoms with van der Waals surface area (Å²) in [5.41, 5.74) is 1.69. The van der Waals surface area contributed by atoms with Crippen molar-refractivity contribution in [3.8, 4) is 0 Å². The van der Waals surface area contributed by atoms with Gasteiger partial charge >= 0.3 is 0 Å². The van der Waals surface area contributed by atoms with E-state index in [1.165, 1.54) is 18.4 Å². The number of rotatable bonds is 6. The normalized spacial score (nSPS) is 22.1. The smallest absolute Gasteiger partial charge is 0.191 e. The van der Waals surface area contributed by atoms with Crippen LogP contribution in [0.1, 0.15) is 25.3 Å². The lowest BCUT2D eigenvalue weighted by atomic mass is 9.96. The van der Waals surface area contributed by atoms with Crippen LogP contribution in [0, 0.1) is 0 Å². The van der Waals surface area contributed by atoms with E-state index in [1.54, 1.807) is 0 Å². The monoisotopic (exact) mass is 421 g/mol. The van der Waals surface area contributed by atoms with Crippen LogP contribution in [0.2, 0.25) is 0 Å². The molecule has 1 saturated carbocycles. The van der Waals surface area contributed by atoms with Gasteiger partial charge in [0.25, 0.3) is 0 Å². The Labute approximate surface area is 166 Å². The maximum atomic E-state index is 4.42. The van der Waals surface area contributed by atoms with E-state index in [-0.39, 0.29) is 5.41 Å². The van der Waals surface area contributed by atoms with Crippen LogP contribution < -0.4 is 10.6 Å². The third kappa shape index (κ3) is 4.99. The minimum atomic E-state index is 0.268. The summed E-state index contributed by atoms with van der Waals surface area (Å²) in [6.45, 7) is 8.78. The van der Waals surface area contributed by atoms with Crippen molar-refractivity contribution in [1.29, 1.82) is 0 Å². The minimum absolute atomic E-state index is 0.268. The van der Waals surface area contributed by atoms with Gasteiger partial charge in [-0.1, -0.05) is 28.1 Å². The standard InChI is InChI=1S/C20H32BrN5/c1-16(26-11-9-25(3)10-12-26)14-23-19(22-2)24-15-20(7-8-20)17-5-4-6-18(21)13-17/h4-6,13,16H,7-12,14-15H2,1-3H3,(H2,22,23,24). The Balaban J connectivity index is 1.46. The highest BCUT2D eigenvalue weighted by molar-refractivity contribution is 9.10. The molecule has 0 amide bonds. The topological polar surface area (TPSA) is 42.9 Å². The molecular formula is C20H32BrN5. The summed E-state index contributed by atoms with van der Waals surface area (Å²) < 4.78 is 1.16. The number of piperazine rings is 1. The lowest BCUT2D eigenvalue weighted by molar-refractivity contribution is 0.120. The van der Waals surface area contributed by atoms with Gasteiger partial charge in [-0.2, -0.15) is 0 Å². The fraction of sp³-hybridized carbons (Fsp3) is 0.650. The van der Waals surface area contributed by atoms with Crippen LogP contribution in [-0.2, 0) is 5.41 Å². The van der Waals surface area contributed by atoms with E-state index >= 15 is 0 Å². The zero-order chi connectivity index (χ0) is 18.6. The molecule has 144 valence electrons. The van der Waals surface area contributed by atoms with Crippen molar-refractivity contribution in [3.05, 3.63) is 34.3 Å². The molecule has 2 N–H and O–H groups in total. The zero-order valence-corrected chi connectivity index (χ0v) is 17.8. The van der Waals surface area contributed by atoms with Crippen molar-refractivity contribution < 1.29 is 0 Å². The Morgan fingerprint density at radius 1 is 1.23 bits per heavy atom. The van der Waals surface area contributed by atoms with Crippen LogP contribution in [0.4, 0.5) is 0 Å². The highest BCUT2D eigenvalue weighted by Crippen LogP contribution is 2.48. The van der Waals surface area contributed by atoms with Crippen molar-refractivity contribution in [3.63, 3.8) is 0 Å². The third-order valence-corrected chi connectivity index (χ3v) is 6.33. The summed E-state index contributed by atoms with van der Waals surface area (Å²) in [4.78, 5) is 9.37. The van der Waals surface area contributed by atoms with Gasteiger partial charge in [-0.15, -0.1) is 0 Å². The molecule has 1 aromatic carbocycles. The Bertz CT molecular complexity index is 620. The molecule has 0 spiro atoms. The predicted molar refractivity (Wildman–Crippen MR) is 113 cm³/mol. The van der Waals surface area contributed by atoms with Crippen molar-refractivity contribution in [2.75, 3.05) is 53.4 Å². The predicted octanol–water partition coefficient (Wildman–Crippen LogP) is 2.28. The second-order valence-corrected chi connectivity index (χ2v) is 8.70. The number of halogens is 1. The summed E-state index contributed by atoms with van der Waals surface area (Å²) in [7, 11) is 4.06. The van der Waals surface area contributed by atoms with E-state index in [2.05, 4.69) is 79.6 Å². The van der Waals surface area contributed by atoms with Crippen LogP contribution in [-0.4, -0.2) is 75.2 Å². The number of likely N-dealkylation sites (N-methyl/N-ethyl adjacent to an activating group) is 1. The zero-order valence-electron chi connectivity index (χ0n) is 16.3. The Morgan fingerprint density at radius 3 is 2.58 bits per heavy atom. The lowest BCUT2D eigenvalue weighted by Crippen LogP contribution is -2.52. The maximum Gasteiger partial charge on any atom is 0.191 e. The fourth-order valence-electron chi connectivity index (χ4n) is 3.65. The molecule has 2 aliphatic rings. The van der Waals surface area contributed by atoms with Crippen molar-refractivity contribution in [2.45, 2.75) is 31.2 Å². The molecular weight excluding hydrogens is 390 g/mol. The number of hydrogen-bond donors (Lipinski definition) is 2. The average molecular weight is 422 g/mol. The van der Waals surface area contributed by atoms with Gasteiger partial charge in [0.15, 0.2) is 5.96 Å². The van der Waals surface area contributed by atoms with Crippen molar-refractivity contribution in [1.82, 2.24) is 20.4 Å². The van der Waals surface area contributed by atoms with Crippen LogP contribution >= 0.6 is 15.9 Å². The van der Waals surface area contributed by atoms with Gasteiger partial charge in [0, 0.05) is 62.2 Å². The molecule has 1 aliphatic heterocycles. The molecule has 1 saturated heterocycles. The molecule has 1 unspecified atom stereocenters. The van der Waals surface area contributed by atoms with Gasteiger partial charge in [0.2, 0.25) is 0 Å². The summed E-state index contributed by atoms with van der Waals surface area (Å²) in [6.07, 6.45) is 2.48. The molecule has 5 nitrogen and oxygen atoms in total. The summed E-state index contributed by atoms with van der Waals surface area (Å²) in [5.74, 6) is 0.909. The Kier molecular flexibility index (Phi) is 6.59. The molecule has 0 bridgehead atoms. The molecule has 26 heavy (non-hydrogen) atoms. The van der Waals surface area contributed by atoms with Crippen LogP contribution in [0.15, 0.2) is 33.7 Å². The van der Waals surface area contributed by atoms with E-state index < -0.39 is 0 Å². The van der Waals surface area contributed by atoms with Crippen molar-refractivity contribution >= 4 is 21.9 Å². The molecule has 3 rings (SSSR count). The summed E-state index contributed by atoms with van der Waals surface area (Å²) in [6, 6.07) is 9.23. The van der Waals surface area contributed by atoms with E-state index in [9.17, 15) is 0 Å². The first-order chi connectivity index (χ1) is 12.5. The van der Waals surface area contributed by atoms with E-state index in [4.69, 9.17) is 0 Å². The first-order valence-electron chi connectivity index (χ1n) is 9.65. The molecule has 6 heteroatoms.